The third-order valence-corrected chi connectivity index (χ3v) is 2.69. The Balaban J connectivity index is -0.000000189. The van der Waals surface area contributed by atoms with Crippen molar-refractivity contribution in [3.8, 4) is 0 Å². The van der Waals surface area contributed by atoms with Crippen LogP contribution in [0.1, 0.15) is 0 Å². The largest absolute Gasteiger partial charge is 1.00 e. The summed E-state index contributed by atoms with van der Waals surface area (Å²) < 4.78 is 35.1. The Morgan fingerprint density at radius 3 is 2.00 bits per heavy atom. The van der Waals surface area contributed by atoms with Gasteiger partial charge in [-0.3, -0.25) is 4.57 Å². The zero-order chi connectivity index (χ0) is 13.9. The summed E-state index contributed by atoms with van der Waals surface area (Å²) in [4.78, 5) is 19.8. The van der Waals surface area contributed by atoms with Crippen LogP contribution in [0.5, 0.6) is 0 Å². The Bertz CT molecular complexity index is 310. The Hall–Kier alpha value is 1.04. The van der Waals surface area contributed by atoms with E-state index >= 15 is 0 Å². The monoisotopic (exact) mass is 350 g/mol. The van der Waals surface area contributed by atoms with E-state index in [4.69, 9.17) is 41.1 Å². The minimum atomic E-state index is -3.80. The Morgan fingerprint density at radius 2 is 1.94 bits per heavy atom. The summed E-state index contributed by atoms with van der Waals surface area (Å²) in [6.07, 6.45) is 1.45. The van der Waals surface area contributed by atoms with E-state index in [1.165, 1.54) is 11.3 Å². The van der Waals surface area contributed by atoms with E-state index in [1.54, 1.807) is 6.20 Å². The molecule has 0 radical (unpaired) electrons. The van der Waals surface area contributed by atoms with E-state index in [-0.39, 0.29) is 41.6 Å². The zero-order valence-electron chi connectivity index (χ0n) is 9.23. The molecule has 1 aromatic heterocycles. The molecular formula is C5H10Cl2N2NaO6PS. The van der Waals surface area contributed by atoms with Crippen LogP contribution in [0.4, 0.5) is 5.13 Å². The van der Waals surface area contributed by atoms with Crippen molar-refractivity contribution in [3.05, 3.63) is 11.6 Å². The molecule has 0 saturated heterocycles. The molecule has 1 aromatic rings. The van der Waals surface area contributed by atoms with Crippen molar-refractivity contribution < 1.29 is 68.7 Å². The van der Waals surface area contributed by atoms with Gasteiger partial charge in [0.15, 0.2) is 5.13 Å². The van der Waals surface area contributed by atoms with Gasteiger partial charge in [-0.15, -0.1) is 22.9 Å². The first-order chi connectivity index (χ1) is 7.69. The van der Waals surface area contributed by atoms with Crippen LogP contribution in [-0.2, 0) is 4.57 Å². The van der Waals surface area contributed by atoms with Gasteiger partial charge in [-0.1, -0.05) is 0 Å². The number of anilines is 1. The predicted octanol–water partition coefficient (Wildman–Crippen LogP) is -5.43. The number of nitrogens with two attached hydrogens (primary N) is 1. The van der Waals surface area contributed by atoms with E-state index in [1.807, 2.05) is 5.38 Å². The second-order valence-electron chi connectivity index (χ2n) is 2.14. The smallest absolute Gasteiger partial charge is 0.375 e. The van der Waals surface area contributed by atoms with Crippen LogP contribution in [0.25, 0.3) is 0 Å². The van der Waals surface area contributed by atoms with Crippen molar-refractivity contribution in [2.24, 2.45) is 0 Å². The van der Waals surface area contributed by atoms with Crippen LogP contribution in [-0.4, -0.2) is 26.8 Å². The molecule has 0 aliphatic heterocycles. The summed E-state index contributed by atoms with van der Waals surface area (Å²) in [6.45, 7) is 0. The van der Waals surface area contributed by atoms with Crippen LogP contribution in [0.3, 0.4) is 0 Å². The summed E-state index contributed by atoms with van der Waals surface area (Å²) in [5, 5.41) is 2.48. The van der Waals surface area contributed by atoms with Crippen molar-refractivity contribution in [2.45, 2.75) is 0 Å². The van der Waals surface area contributed by atoms with E-state index in [0.29, 0.717) is 5.13 Å². The summed E-state index contributed by atoms with van der Waals surface area (Å²) in [5.41, 5.74) is 5.19. The van der Waals surface area contributed by atoms with E-state index in [9.17, 15) is 4.57 Å². The Labute approximate surface area is 138 Å². The molecule has 0 unspecified atom stereocenters. The molecule has 0 aliphatic rings. The van der Waals surface area contributed by atoms with Crippen molar-refractivity contribution in [3.63, 3.8) is 0 Å². The quantitative estimate of drug-likeness (QED) is 0.270. The second-order valence-corrected chi connectivity index (χ2v) is 5.60. The molecule has 0 aliphatic carbocycles. The predicted molar refractivity (Wildman–Crippen MR) is 54.2 cm³/mol. The number of nitrogens with zero attached hydrogens (tertiary/aromatic N) is 1. The molecule has 0 atom stereocenters. The van der Waals surface area contributed by atoms with Crippen molar-refractivity contribution in [2.75, 3.05) is 17.8 Å². The number of alkyl halides is 1. The van der Waals surface area contributed by atoms with Crippen LogP contribution in [0.2, 0.25) is 0 Å². The van der Waals surface area contributed by atoms with Crippen molar-refractivity contribution in [1.82, 2.24) is 4.98 Å². The first-order valence-corrected chi connectivity index (χ1v) is 7.81. The van der Waals surface area contributed by atoms with Gasteiger partial charge < -0.3 is 29.5 Å². The molecular weight excluding hydrogens is 341 g/mol. The van der Waals surface area contributed by atoms with E-state index in [0.717, 1.165) is 0 Å². The molecule has 0 aromatic carbocycles. The third kappa shape index (κ3) is 30.2. The van der Waals surface area contributed by atoms with Gasteiger partial charge in [-0.2, -0.15) is 0 Å². The number of halogens is 2. The zero-order valence-corrected chi connectivity index (χ0v) is 14.5. The summed E-state index contributed by atoms with van der Waals surface area (Å²) in [7, 11) is -6.65. The number of rotatable bonds is 2. The molecule has 13 heteroatoms. The molecule has 18 heavy (non-hydrogen) atoms. The maximum Gasteiger partial charge on any atom is 1.00 e. The first-order valence-electron chi connectivity index (χ1n) is 3.67. The van der Waals surface area contributed by atoms with E-state index < -0.39 is 18.4 Å². The van der Waals surface area contributed by atoms with Crippen molar-refractivity contribution >= 4 is 35.7 Å². The molecule has 1 heterocycles. The third-order valence-electron chi connectivity index (χ3n) is 0.827. The fourth-order valence-corrected chi connectivity index (χ4v) is 1.61. The standard InChI is InChI=1S/C3H4N2S.C2H6ClO3P.ClO3.Na/c4-3-5-1-2-6-3;3-1-2-7(4,5)6;2-1(3)4;/h1-2H,(H2,4,5);1-2H2,(H2,4,5,6);;/q;;-1;+1. The molecule has 0 spiro atoms. The Kier molecular flexibility index (Phi) is 19.3. The number of hydrogen-bond acceptors (Lipinski definition) is 7. The maximum absolute atomic E-state index is 9.84. The van der Waals surface area contributed by atoms with Crippen LogP contribution >= 0.6 is 30.5 Å². The average molecular weight is 351 g/mol. The molecule has 1 rings (SSSR count). The van der Waals surface area contributed by atoms with Gasteiger partial charge in [0.25, 0.3) is 0 Å². The van der Waals surface area contributed by atoms with Crippen LogP contribution < -0.4 is 49.3 Å². The van der Waals surface area contributed by atoms with Gasteiger partial charge in [0, 0.05) is 17.5 Å². The summed E-state index contributed by atoms with van der Waals surface area (Å²) in [6, 6.07) is 0. The average Bonchev–Trinajstić information content (AvgIpc) is 2.53. The van der Waals surface area contributed by atoms with Crippen LogP contribution in [0, 0.1) is 10.8 Å². The number of thiazole rings is 1. The minimum absolute atomic E-state index is 0. The van der Waals surface area contributed by atoms with Gasteiger partial charge in [0.1, 0.15) is 0 Å². The van der Waals surface area contributed by atoms with Crippen molar-refractivity contribution in [1.29, 1.82) is 0 Å². The van der Waals surface area contributed by atoms with Gasteiger partial charge >= 0.3 is 37.2 Å². The molecule has 4 N–H and O–H groups in total. The van der Waals surface area contributed by atoms with Gasteiger partial charge in [0.2, 0.25) is 0 Å². The molecule has 0 saturated carbocycles. The normalized spacial score (nSPS) is 9.50. The number of hydrogen-bond donors (Lipinski definition) is 3. The first kappa shape index (κ1) is 24.1. The van der Waals surface area contributed by atoms with Gasteiger partial charge in [0.05, 0.1) is 16.9 Å². The Morgan fingerprint density at radius 1 is 1.50 bits per heavy atom. The molecule has 8 nitrogen and oxygen atoms in total. The van der Waals surface area contributed by atoms with Crippen LogP contribution in [0.15, 0.2) is 11.6 Å². The maximum atomic E-state index is 9.84. The number of aromatic nitrogens is 1. The molecule has 102 valence electrons. The molecule has 0 bridgehead atoms. The molecule has 0 fully saturated rings. The van der Waals surface area contributed by atoms with Gasteiger partial charge in [-0.25, -0.2) is 4.98 Å². The second kappa shape index (κ2) is 14.4. The summed E-state index contributed by atoms with van der Waals surface area (Å²) >= 11 is 6.44. The molecule has 0 amide bonds. The minimum Gasteiger partial charge on any atom is -0.375 e. The topological polar surface area (TPSA) is 166 Å². The SMILES string of the molecule is Nc1nccs1.O=P(O)(O)CCCl.[Na+].[O-][Cl+2]([O-])[O-]. The van der Waals surface area contributed by atoms with E-state index in [2.05, 4.69) is 4.98 Å². The summed E-state index contributed by atoms with van der Waals surface area (Å²) in [5.74, 6) is 0.0181. The van der Waals surface area contributed by atoms with Gasteiger partial charge in [-0.05, 0) is 0 Å². The fraction of sp³-hybridized carbons (Fsp3) is 0.400. The number of nitrogen functional groups attached to an aromatic ring is 1. The fourth-order valence-electron chi connectivity index (χ4n) is 0.345.